The molecule has 1 unspecified atom stereocenters. The molecule has 0 N–H and O–H groups in total. The van der Waals surface area contributed by atoms with Gasteiger partial charge in [0.25, 0.3) is 0 Å². The minimum atomic E-state index is -0.185. The highest BCUT2D eigenvalue weighted by atomic mass is 16.5. The van der Waals surface area contributed by atoms with Crippen LogP contribution >= 0.6 is 0 Å². The van der Waals surface area contributed by atoms with Crippen LogP contribution in [0.25, 0.3) is 0 Å². The fourth-order valence-corrected chi connectivity index (χ4v) is 5.46. The van der Waals surface area contributed by atoms with Gasteiger partial charge in [-0.25, -0.2) is 0 Å². The minimum absolute atomic E-state index is 0.185. The topological polar surface area (TPSA) is 9.23 Å². The van der Waals surface area contributed by atoms with Crippen molar-refractivity contribution in [1.82, 2.24) is 0 Å². The van der Waals surface area contributed by atoms with Crippen LogP contribution in [-0.2, 0) is 10.2 Å². The fourth-order valence-electron chi connectivity index (χ4n) is 5.46. The number of hydrogen-bond acceptors (Lipinski definition) is 1. The van der Waals surface area contributed by atoms with Gasteiger partial charge in [-0.15, -0.1) is 0 Å². The van der Waals surface area contributed by atoms with Gasteiger partial charge < -0.3 is 4.74 Å². The van der Waals surface area contributed by atoms with Crippen LogP contribution in [-0.4, -0.2) is 6.61 Å². The maximum atomic E-state index is 5.74. The van der Waals surface area contributed by atoms with Crippen molar-refractivity contribution in [1.29, 1.82) is 0 Å². The summed E-state index contributed by atoms with van der Waals surface area (Å²) >= 11 is 0. The zero-order chi connectivity index (χ0) is 23.9. The van der Waals surface area contributed by atoms with Crippen molar-refractivity contribution in [2.24, 2.45) is 5.92 Å². The van der Waals surface area contributed by atoms with Gasteiger partial charge >= 0.3 is 0 Å². The molecule has 0 radical (unpaired) electrons. The Morgan fingerprint density at radius 1 is 0.647 bits per heavy atom. The molecule has 0 saturated carbocycles. The van der Waals surface area contributed by atoms with E-state index < -0.39 is 0 Å². The molecule has 0 aliphatic rings. The molecule has 1 nitrogen and oxygen atoms in total. The van der Waals surface area contributed by atoms with Crippen LogP contribution in [0.15, 0.2) is 103 Å². The first-order valence-electron chi connectivity index (χ1n) is 13.2. The molecule has 1 heteroatoms. The number of ether oxygens (including phenoxy) is 1. The molecule has 0 aliphatic heterocycles. The quantitative estimate of drug-likeness (QED) is 0.126. The first-order chi connectivity index (χ1) is 16.8. The Bertz CT molecular complexity index is 833. The van der Waals surface area contributed by atoms with Crippen LogP contribution in [0, 0.1) is 5.92 Å². The maximum absolute atomic E-state index is 5.74. The Kier molecular flexibility index (Phi) is 11.0. The van der Waals surface area contributed by atoms with E-state index in [4.69, 9.17) is 4.74 Å². The smallest absolute Gasteiger partial charge is 0.0873 e. The summed E-state index contributed by atoms with van der Waals surface area (Å²) in [6.45, 7) is 5.06. The molecule has 1 atom stereocenters. The highest BCUT2D eigenvalue weighted by molar-refractivity contribution is 5.51. The van der Waals surface area contributed by atoms with Crippen LogP contribution in [0.3, 0.4) is 0 Å². The SMILES string of the molecule is CC=COCCCC(CCCCCCC)C(c1ccccc1)(c1ccccc1)c1ccccc1. The molecule has 0 saturated heterocycles. The number of rotatable bonds is 15. The number of unbranched alkanes of at least 4 members (excludes halogenated alkanes) is 4. The highest BCUT2D eigenvalue weighted by Crippen LogP contribution is 2.49. The molecule has 0 fully saturated rings. The Hall–Kier alpha value is -2.80. The average molecular weight is 455 g/mol. The van der Waals surface area contributed by atoms with Crippen molar-refractivity contribution in [3.8, 4) is 0 Å². The van der Waals surface area contributed by atoms with Gasteiger partial charge in [-0.05, 0) is 48.8 Å². The Balaban J connectivity index is 2.08. The lowest BCUT2D eigenvalue weighted by atomic mass is 9.59. The van der Waals surface area contributed by atoms with E-state index in [1.807, 2.05) is 19.3 Å². The summed E-state index contributed by atoms with van der Waals surface area (Å²) in [5.41, 5.74) is 3.98. The summed E-state index contributed by atoms with van der Waals surface area (Å²) in [4.78, 5) is 0. The van der Waals surface area contributed by atoms with E-state index in [2.05, 4.69) is 97.9 Å². The molecular formula is C33H42O. The molecule has 3 aromatic rings. The van der Waals surface area contributed by atoms with E-state index in [0.29, 0.717) is 5.92 Å². The number of allylic oxidation sites excluding steroid dienone is 1. The van der Waals surface area contributed by atoms with Gasteiger partial charge in [-0.1, -0.05) is 136 Å². The lowest BCUT2D eigenvalue weighted by Crippen LogP contribution is -2.38. The van der Waals surface area contributed by atoms with Crippen molar-refractivity contribution in [3.05, 3.63) is 120 Å². The van der Waals surface area contributed by atoms with Crippen molar-refractivity contribution in [2.45, 2.75) is 70.6 Å². The van der Waals surface area contributed by atoms with Gasteiger partial charge in [-0.2, -0.15) is 0 Å². The molecular weight excluding hydrogens is 412 g/mol. The molecule has 0 bridgehead atoms. The molecule has 0 spiro atoms. The fraction of sp³-hybridized carbons (Fsp3) is 0.394. The summed E-state index contributed by atoms with van der Waals surface area (Å²) in [6, 6.07) is 33.6. The number of hydrogen-bond donors (Lipinski definition) is 0. The molecule has 34 heavy (non-hydrogen) atoms. The van der Waals surface area contributed by atoms with Gasteiger partial charge in [0.05, 0.1) is 12.9 Å². The summed E-state index contributed by atoms with van der Waals surface area (Å²) in [6.07, 6.45) is 13.7. The normalized spacial score (nSPS) is 12.6. The van der Waals surface area contributed by atoms with Crippen LogP contribution in [0.1, 0.15) is 81.9 Å². The van der Waals surface area contributed by atoms with Gasteiger partial charge in [0, 0.05) is 5.41 Å². The van der Waals surface area contributed by atoms with Crippen LogP contribution in [0.5, 0.6) is 0 Å². The third-order valence-electron chi connectivity index (χ3n) is 7.00. The Morgan fingerprint density at radius 2 is 1.12 bits per heavy atom. The van der Waals surface area contributed by atoms with Gasteiger partial charge in [0.2, 0.25) is 0 Å². The van der Waals surface area contributed by atoms with Gasteiger partial charge in [0.1, 0.15) is 0 Å². The first kappa shape index (κ1) is 25.8. The minimum Gasteiger partial charge on any atom is -0.502 e. The van der Waals surface area contributed by atoms with Crippen LogP contribution in [0.4, 0.5) is 0 Å². The van der Waals surface area contributed by atoms with Crippen molar-refractivity contribution < 1.29 is 4.74 Å². The Morgan fingerprint density at radius 3 is 1.59 bits per heavy atom. The second-order valence-electron chi connectivity index (χ2n) is 9.29. The lowest BCUT2D eigenvalue weighted by Gasteiger charge is -2.43. The summed E-state index contributed by atoms with van der Waals surface area (Å²) in [5, 5.41) is 0. The number of benzene rings is 3. The zero-order valence-electron chi connectivity index (χ0n) is 21.2. The molecule has 0 aromatic heterocycles. The monoisotopic (exact) mass is 454 g/mol. The largest absolute Gasteiger partial charge is 0.502 e. The van der Waals surface area contributed by atoms with E-state index in [-0.39, 0.29) is 5.41 Å². The van der Waals surface area contributed by atoms with E-state index in [1.54, 1.807) is 0 Å². The first-order valence-corrected chi connectivity index (χ1v) is 13.2. The van der Waals surface area contributed by atoms with Crippen LogP contribution in [0.2, 0.25) is 0 Å². The second-order valence-corrected chi connectivity index (χ2v) is 9.29. The molecule has 0 aliphatic carbocycles. The highest BCUT2D eigenvalue weighted by Gasteiger charge is 2.42. The summed E-state index contributed by atoms with van der Waals surface area (Å²) in [7, 11) is 0. The molecule has 3 aromatic carbocycles. The van der Waals surface area contributed by atoms with E-state index in [0.717, 1.165) is 19.4 Å². The standard InChI is InChI=1S/C33H42O/c1-3-5-6-7-11-19-32(26-18-28-34-27-4-2)33(29-20-12-8-13-21-29,30-22-14-9-15-23-30)31-24-16-10-17-25-31/h4,8-10,12-17,20-25,27,32H,3,5-7,11,18-19,26,28H2,1-2H3. The van der Waals surface area contributed by atoms with Crippen molar-refractivity contribution >= 4 is 0 Å². The van der Waals surface area contributed by atoms with E-state index in [1.165, 1.54) is 55.2 Å². The summed E-state index contributed by atoms with van der Waals surface area (Å²) in [5.74, 6) is 0.482. The third-order valence-corrected chi connectivity index (χ3v) is 7.00. The zero-order valence-corrected chi connectivity index (χ0v) is 21.2. The van der Waals surface area contributed by atoms with Crippen molar-refractivity contribution in [3.63, 3.8) is 0 Å². The molecule has 180 valence electrons. The second kappa shape index (κ2) is 14.5. The van der Waals surface area contributed by atoms with Crippen molar-refractivity contribution in [2.75, 3.05) is 6.61 Å². The molecule has 0 amide bonds. The predicted molar refractivity (Wildman–Crippen MR) is 146 cm³/mol. The predicted octanol–water partition coefficient (Wildman–Crippen LogP) is 9.33. The van der Waals surface area contributed by atoms with E-state index in [9.17, 15) is 0 Å². The van der Waals surface area contributed by atoms with Gasteiger partial charge in [0.15, 0.2) is 0 Å². The Labute approximate surface area is 207 Å². The average Bonchev–Trinajstić information content (AvgIpc) is 2.90. The van der Waals surface area contributed by atoms with Crippen LogP contribution < -0.4 is 0 Å². The van der Waals surface area contributed by atoms with E-state index >= 15 is 0 Å². The molecule has 0 heterocycles. The van der Waals surface area contributed by atoms with Gasteiger partial charge in [-0.3, -0.25) is 0 Å². The third kappa shape index (κ3) is 6.63. The maximum Gasteiger partial charge on any atom is 0.0873 e. The summed E-state index contributed by atoms with van der Waals surface area (Å²) < 4.78 is 5.74. The molecule has 3 rings (SSSR count). The lowest BCUT2D eigenvalue weighted by molar-refractivity contribution is 0.217.